The van der Waals surface area contributed by atoms with Crippen LogP contribution < -0.4 is 15.1 Å². The van der Waals surface area contributed by atoms with Crippen LogP contribution in [0.5, 0.6) is 0 Å². The summed E-state index contributed by atoms with van der Waals surface area (Å²) >= 11 is 1.42. The maximum absolute atomic E-state index is 13.1. The van der Waals surface area contributed by atoms with Crippen LogP contribution in [-0.2, 0) is 6.54 Å². The summed E-state index contributed by atoms with van der Waals surface area (Å²) in [5, 5.41) is 4.22. The van der Waals surface area contributed by atoms with Gasteiger partial charge in [0.15, 0.2) is 0 Å². The van der Waals surface area contributed by atoms with Crippen LogP contribution in [0.15, 0.2) is 54.6 Å². The van der Waals surface area contributed by atoms with E-state index in [2.05, 4.69) is 36.6 Å². The lowest BCUT2D eigenvalue weighted by atomic mass is 10.2. The Bertz CT molecular complexity index is 829. The molecule has 3 aromatic rings. The largest absolute Gasteiger partial charge is 0.368 e. The topological polar surface area (TPSA) is 44.3 Å². The number of benzene rings is 2. The van der Waals surface area contributed by atoms with Crippen LogP contribution >= 0.6 is 11.5 Å². The van der Waals surface area contributed by atoms with Crippen molar-refractivity contribution in [2.45, 2.75) is 6.54 Å². The van der Waals surface area contributed by atoms with Gasteiger partial charge in [-0.3, -0.25) is 0 Å². The van der Waals surface area contributed by atoms with Crippen molar-refractivity contribution in [3.63, 3.8) is 0 Å². The first kappa shape index (κ1) is 16.8. The van der Waals surface area contributed by atoms with Crippen molar-refractivity contribution in [3.8, 4) is 0 Å². The van der Waals surface area contributed by atoms with Crippen molar-refractivity contribution in [2.75, 3.05) is 41.3 Å². The molecule has 0 radical (unpaired) electrons. The van der Waals surface area contributed by atoms with Gasteiger partial charge in [-0.15, -0.1) is 0 Å². The van der Waals surface area contributed by atoms with Crippen molar-refractivity contribution >= 4 is 28.3 Å². The zero-order chi connectivity index (χ0) is 17.8. The lowest BCUT2D eigenvalue weighted by molar-refractivity contribution is 0.624. The summed E-state index contributed by atoms with van der Waals surface area (Å²) in [5.74, 6) is 0.478. The molecule has 1 N–H and O–H groups in total. The van der Waals surface area contributed by atoms with Gasteiger partial charge in [0, 0.05) is 49.9 Å². The number of hydrogen-bond donors (Lipinski definition) is 1. The number of aromatic nitrogens is 2. The Morgan fingerprint density at radius 3 is 2.35 bits per heavy atom. The highest BCUT2D eigenvalue weighted by molar-refractivity contribution is 7.09. The highest BCUT2D eigenvalue weighted by Gasteiger charge is 2.20. The highest BCUT2D eigenvalue weighted by atomic mass is 32.1. The second kappa shape index (κ2) is 7.70. The van der Waals surface area contributed by atoms with Crippen LogP contribution in [0.25, 0.3) is 0 Å². The molecule has 1 saturated heterocycles. The van der Waals surface area contributed by atoms with E-state index in [0.29, 0.717) is 5.95 Å². The van der Waals surface area contributed by atoms with Crippen LogP contribution in [0.4, 0.5) is 21.2 Å². The number of rotatable bonds is 5. The summed E-state index contributed by atoms with van der Waals surface area (Å²) in [4.78, 5) is 9.14. The Balaban J connectivity index is 1.32. The van der Waals surface area contributed by atoms with E-state index in [0.717, 1.165) is 43.5 Å². The van der Waals surface area contributed by atoms with Crippen molar-refractivity contribution in [1.82, 2.24) is 9.36 Å². The standard InChI is InChI=1S/C19H20FN5S/c20-16-6-8-17(9-7-16)24-10-12-25(13-11-24)19-22-18(23-26-19)21-14-15-4-2-1-3-5-15/h1-9H,10-14H2,(H,21,23). The first-order valence-electron chi connectivity index (χ1n) is 8.65. The summed E-state index contributed by atoms with van der Waals surface area (Å²) in [7, 11) is 0. The summed E-state index contributed by atoms with van der Waals surface area (Å²) in [5.41, 5.74) is 2.27. The molecule has 1 aliphatic rings. The highest BCUT2D eigenvalue weighted by Crippen LogP contribution is 2.23. The normalized spacial score (nSPS) is 14.5. The Morgan fingerprint density at radius 1 is 0.923 bits per heavy atom. The number of anilines is 3. The van der Waals surface area contributed by atoms with E-state index >= 15 is 0 Å². The molecule has 0 aliphatic carbocycles. The summed E-state index contributed by atoms with van der Waals surface area (Å²) in [6.07, 6.45) is 0. The molecule has 0 atom stereocenters. The Hall–Kier alpha value is -2.67. The van der Waals surface area contributed by atoms with Crippen molar-refractivity contribution < 1.29 is 4.39 Å². The van der Waals surface area contributed by atoms with Gasteiger partial charge in [-0.1, -0.05) is 30.3 Å². The van der Waals surface area contributed by atoms with E-state index in [1.165, 1.54) is 29.2 Å². The quantitative estimate of drug-likeness (QED) is 0.744. The van der Waals surface area contributed by atoms with Crippen molar-refractivity contribution in [2.24, 2.45) is 0 Å². The number of hydrogen-bond acceptors (Lipinski definition) is 6. The molecule has 4 rings (SSSR count). The third kappa shape index (κ3) is 3.94. The summed E-state index contributed by atoms with van der Waals surface area (Å²) in [6, 6.07) is 16.9. The molecular weight excluding hydrogens is 349 g/mol. The number of nitrogens with one attached hydrogen (secondary N) is 1. The Labute approximate surface area is 156 Å². The molecule has 0 bridgehead atoms. The van der Waals surface area contributed by atoms with Crippen molar-refractivity contribution in [3.05, 3.63) is 66.0 Å². The minimum absolute atomic E-state index is 0.197. The van der Waals surface area contributed by atoms with E-state index in [9.17, 15) is 4.39 Å². The smallest absolute Gasteiger partial charge is 0.236 e. The fourth-order valence-electron chi connectivity index (χ4n) is 3.00. The van der Waals surface area contributed by atoms with Gasteiger partial charge in [-0.2, -0.15) is 9.36 Å². The molecule has 0 amide bonds. The summed E-state index contributed by atoms with van der Waals surface area (Å²) < 4.78 is 17.5. The lowest BCUT2D eigenvalue weighted by Gasteiger charge is -2.35. The average Bonchev–Trinajstić information content (AvgIpc) is 3.17. The van der Waals surface area contributed by atoms with E-state index < -0.39 is 0 Å². The van der Waals surface area contributed by atoms with Crippen LogP contribution in [0.2, 0.25) is 0 Å². The third-order valence-electron chi connectivity index (χ3n) is 4.45. The molecule has 0 spiro atoms. The molecular formula is C19H20FN5S. The molecule has 2 heterocycles. The predicted octanol–water partition coefficient (Wildman–Crippen LogP) is 3.62. The monoisotopic (exact) mass is 369 g/mol. The first-order chi connectivity index (χ1) is 12.8. The minimum atomic E-state index is -0.197. The van der Waals surface area contributed by atoms with Gasteiger partial charge in [-0.25, -0.2) is 4.39 Å². The van der Waals surface area contributed by atoms with Crippen LogP contribution in [-0.4, -0.2) is 35.5 Å². The van der Waals surface area contributed by atoms with E-state index in [4.69, 9.17) is 0 Å². The molecule has 1 fully saturated rings. The summed E-state index contributed by atoms with van der Waals surface area (Å²) in [6.45, 7) is 4.25. The third-order valence-corrected chi connectivity index (χ3v) is 5.23. The second-order valence-corrected chi connectivity index (χ2v) is 6.92. The van der Waals surface area contributed by atoms with E-state index in [1.54, 1.807) is 0 Å². The maximum Gasteiger partial charge on any atom is 0.236 e. The van der Waals surface area contributed by atoms with Gasteiger partial charge in [0.25, 0.3) is 0 Å². The average molecular weight is 369 g/mol. The minimum Gasteiger partial charge on any atom is -0.368 e. The van der Waals surface area contributed by atoms with Gasteiger partial charge in [0.2, 0.25) is 11.1 Å². The van der Waals surface area contributed by atoms with Crippen LogP contribution in [0, 0.1) is 5.82 Å². The van der Waals surface area contributed by atoms with Gasteiger partial charge >= 0.3 is 0 Å². The van der Waals surface area contributed by atoms with Crippen LogP contribution in [0.1, 0.15) is 5.56 Å². The van der Waals surface area contributed by atoms with E-state index in [1.807, 2.05) is 30.3 Å². The number of halogens is 1. The number of piperazine rings is 1. The molecule has 0 saturated carbocycles. The van der Waals surface area contributed by atoms with Gasteiger partial charge < -0.3 is 15.1 Å². The first-order valence-corrected chi connectivity index (χ1v) is 9.42. The lowest BCUT2D eigenvalue weighted by Crippen LogP contribution is -2.46. The predicted molar refractivity (Wildman–Crippen MR) is 105 cm³/mol. The van der Waals surface area contributed by atoms with Gasteiger partial charge in [-0.05, 0) is 29.8 Å². The fraction of sp³-hybridized carbons (Fsp3) is 0.263. The molecule has 134 valence electrons. The molecule has 5 nitrogen and oxygen atoms in total. The second-order valence-electron chi connectivity index (χ2n) is 6.19. The van der Waals surface area contributed by atoms with Gasteiger partial charge in [0.05, 0.1) is 0 Å². The van der Waals surface area contributed by atoms with Gasteiger partial charge in [0.1, 0.15) is 5.82 Å². The fourth-order valence-corrected chi connectivity index (χ4v) is 3.70. The van der Waals surface area contributed by atoms with Crippen LogP contribution in [0.3, 0.4) is 0 Å². The van der Waals surface area contributed by atoms with E-state index in [-0.39, 0.29) is 5.82 Å². The maximum atomic E-state index is 13.1. The molecule has 26 heavy (non-hydrogen) atoms. The zero-order valence-electron chi connectivity index (χ0n) is 14.3. The number of nitrogens with zero attached hydrogens (tertiary/aromatic N) is 4. The molecule has 2 aromatic carbocycles. The SMILES string of the molecule is Fc1ccc(N2CCN(c3nc(NCc4ccccc4)ns3)CC2)cc1. The molecule has 1 aromatic heterocycles. The molecule has 1 aliphatic heterocycles. The van der Waals surface area contributed by atoms with Crippen molar-refractivity contribution in [1.29, 1.82) is 0 Å². The molecule has 0 unspecified atom stereocenters. The Kier molecular flexibility index (Phi) is 4.97. The molecule has 7 heteroatoms. The Morgan fingerprint density at radius 2 is 1.62 bits per heavy atom. The zero-order valence-corrected chi connectivity index (χ0v) is 15.1.